The van der Waals surface area contributed by atoms with E-state index in [1.807, 2.05) is 4.90 Å². The lowest BCUT2D eigenvalue weighted by molar-refractivity contribution is -0.170. The summed E-state index contributed by atoms with van der Waals surface area (Å²) in [7, 11) is 0. The van der Waals surface area contributed by atoms with Gasteiger partial charge in [0.2, 0.25) is 5.41 Å². The predicted molar refractivity (Wildman–Crippen MR) is 190 cm³/mol. The van der Waals surface area contributed by atoms with Crippen molar-refractivity contribution in [1.29, 1.82) is 0 Å². The molecule has 278 valence electrons. The number of halogens is 3. The fourth-order valence-corrected chi connectivity index (χ4v) is 5.98. The molecule has 1 N–H and O–H groups in total. The molecular weight excluding hydrogens is 693 g/mol. The Balaban J connectivity index is 1.39. The van der Waals surface area contributed by atoms with Crippen LogP contribution in [0.25, 0.3) is 11.1 Å². The van der Waals surface area contributed by atoms with Crippen molar-refractivity contribution in [2.45, 2.75) is 31.9 Å². The molecular formula is C40H39F3N2O8. The third kappa shape index (κ3) is 9.04. The molecule has 0 atom stereocenters. The summed E-state index contributed by atoms with van der Waals surface area (Å²) in [5.74, 6) is -3.04. The van der Waals surface area contributed by atoms with Crippen molar-refractivity contribution in [2.75, 3.05) is 56.3 Å². The third-order valence-corrected chi connectivity index (χ3v) is 8.67. The van der Waals surface area contributed by atoms with E-state index in [2.05, 4.69) is 5.32 Å². The number of esters is 3. The zero-order chi connectivity index (χ0) is 38.0. The van der Waals surface area contributed by atoms with Crippen molar-refractivity contribution in [3.63, 3.8) is 0 Å². The molecule has 0 radical (unpaired) electrons. The molecule has 0 saturated carbocycles. The van der Waals surface area contributed by atoms with Gasteiger partial charge in [0.05, 0.1) is 49.8 Å². The SMILES string of the molecule is CCOC(=O)C(COC(=O)Cc1ccc(NC(=O)c2ccccc2-c2ccc(C(F)(F)F)cc2)c(N2CCOCC2)c1)(C(=O)OCC)c1ccccc1. The molecule has 53 heavy (non-hydrogen) atoms. The van der Waals surface area contributed by atoms with Crippen LogP contribution in [0.4, 0.5) is 24.5 Å². The van der Waals surface area contributed by atoms with E-state index in [1.54, 1.807) is 86.6 Å². The van der Waals surface area contributed by atoms with E-state index in [9.17, 15) is 32.3 Å². The zero-order valence-electron chi connectivity index (χ0n) is 29.2. The molecule has 4 aromatic carbocycles. The monoisotopic (exact) mass is 732 g/mol. The lowest BCUT2D eigenvalue weighted by atomic mass is 9.81. The normalized spacial score (nSPS) is 13.2. The smallest absolute Gasteiger partial charge is 0.416 e. The van der Waals surface area contributed by atoms with Gasteiger partial charge in [0, 0.05) is 18.7 Å². The van der Waals surface area contributed by atoms with E-state index >= 15 is 0 Å². The number of ether oxygens (including phenoxy) is 4. The number of rotatable bonds is 13. The molecule has 13 heteroatoms. The quantitative estimate of drug-likeness (QED) is 0.0920. The zero-order valence-corrected chi connectivity index (χ0v) is 29.2. The second kappa shape index (κ2) is 17.2. The van der Waals surface area contributed by atoms with E-state index < -0.39 is 47.6 Å². The second-order valence-electron chi connectivity index (χ2n) is 12.1. The molecule has 0 aliphatic carbocycles. The standard InChI is InChI=1S/C40H39F3N2O8/c1-3-51-37(48)39(38(49)52-4-2,29-10-6-5-7-11-29)26-53-35(46)25-27-14-19-33(34(24-27)45-20-22-50-23-21-45)44-36(47)32-13-9-8-12-31(32)28-15-17-30(18-16-28)40(41,42)43/h5-19,24H,3-4,20-23,25-26H2,1-2H3,(H,44,47). The molecule has 10 nitrogen and oxygen atoms in total. The Morgan fingerprint density at radius 1 is 0.755 bits per heavy atom. The number of amides is 1. The van der Waals surface area contributed by atoms with Crippen LogP contribution in [0, 0.1) is 0 Å². The summed E-state index contributed by atoms with van der Waals surface area (Å²) in [4.78, 5) is 55.8. The first kappa shape index (κ1) is 38.5. The summed E-state index contributed by atoms with van der Waals surface area (Å²) in [5, 5.41) is 2.94. The minimum absolute atomic E-state index is 0.0192. The van der Waals surface area contributed by atoms with Crippen LogP contribution in [0.5, 0.6) is 0 Å². The van der Waals surface area contributed by atoms with Crippen LogP contribution < -0.4 is 10.2 Å². The summed E-state index contributed by atoms with van der Waals surface area (Å²) in [6.45, 7) is 4.36. The van der Waals surface area contributed by atoms with Crippen LogP contribution in [0.2, 0.25) is 0 Å². The number of nitrogens with one attached hydrogen (secondary N) is 1. The highest BCUT2D eigenvalue weighted by Gasteiger charge is 2.52. The van der Waals surface area contributed by atoms with E-state index in [4.69, 9.17) is 18.9 Å². The van der Waals surface area contributed by atoms with Gasteiger partial charge < -0.3 is 29.2 Å². The number of alkyl halides is 3. The lowest BCUT2D eigenvalue weighted by Gasteiger charge is -2.31. The van der Waals surface area contributed by atoms with E-state index in [1.165, 1.54) is 12.1 Å². The van der Waals surface area contributed by atoms with Gasteiger partial charge in [0.1, 0.15) is 6.61 Å². The molecule has 0 bridgehead atoms. The number of carbonyl (C=O) groups excluding carboxylic acids is 4. The summed E-state index contributed by atoms with van der Waals surface area (Å²) in [6.07, 6.45) is -4.73. The number of nitrogens with zero attached hydrogens (tertiary/aromatic N) is 1. The van der Waals surface area contributed by atoms with Crippen LogP contribution in [0.1, 0.15) is 40.9 Å². The number of carbonyl (C=O) groups is 4. The van der Waals surface area contributed by atoms with Crippen LogP contribution in [0.3, 0.4) is 0 Å². The van der Waals surface area contributed by atoms with Gasteiger partial charge in [-0.2, -0.15) is 13.2 Å². The summed E-state index contributed by atoms with van der Waals surface area (Å²) < 4.78 is 61.2. The van der Waals surface area contributed by atoms with E-state index in [-0.39, 0.29) is 30.8 Å². The van der Waals surface area contributed by atoms with Crippen molar-refractivity contribution < 1.29 is 51.3 Å². The Kier molecular flexibility index (Phi) is 12.5. The molecule has 1 aliphatic rings. The van der Waals surface area contributed by atoms with Crippen molar-refractivity contribution in [3.8, 4) is 11.1 Å². The average molecular weight is 733 g/mol. The highest BCUT2D eigenvalue weighted by atomic mass is 19.4. The average Bonchev–Trinajstić information content (AvgIpc) is 3.16. The maximum Gasteiger partial charge on any atom is 0.416 e. The lowest BCUT2D eigenvalue weighted by Crippen LogP contribution is -2.50. The van der Waals surface area contributed by atoms with Crippen molar-refractivity contribution in [2.24, 2.45) is 0 Å². The molecule has 0 unspecified atom stereocenters. The van der Waals surface area contributed by atoms with Crippen LogP contribution in [0.15, 0.2) is 97.1 Å². The van der Waals surface area contributed by atoms with Gasteiger partial charge in [-0.25, -0.2) is 0 Å². The summed E-state index contributed by atoms with van der Waals surface area (Å²) in [6, 6.07) is 24.4. The second-order valence-corrected chi connectivity index (χ2v) is 12.1. The minimum atomic E-state index is -4.49. The molecule has 1 aliphatic heterocycles. The Bertz CT molecular complexity index is 1890. The van der Waals surface area contributed by atoms with Gasteiger partial charge in [0.25, 0.3) is 5.91 Å². The van der Waals surface area contributed by atoms with E-state index in [0.717, 1.165) is 12.1 Å². The molecule has 4 aromatic rings. The van der Waals surface area contributed by atoms with Crippen molar-refractivity contribution in [3.05, 3.63) is 119 Å². The number of benzene rings is 4. The van der Waals surface area contributed by atoms with Crippen LogP contribution in [-0.2, 0) is 51.3 Å². The molecule has 1 fully saturated rings. The number of morpholine rings is 1. The van der Waals surface area contributed by atoms with Gasteiger partial charge in [-0.3, -0.25) is 19.2 Å². The Labute approximate surface area is 304 Å². The minimum Gasteiger partial charge on any atom is -0.465 e. The number of hydrogen-bond donors (Lipinski definition) is 1. The highest BCUT2D eigenvalue weighted by molar-refractivity contribution is 6.10. The van der Waals surface area contributed by atoms with Gasteiger partial charge in [0.15, 0.2) is 0 Å². The molecule has 1 saturated heterocycles. The van der Waals surface area contributed by atoms with Gasteiger partial charge in [-0.05, 0) is 66.4 Å². The molecule has 0 aromatic heterocycles. The maximum absolute atomic E-state index is 13.7. The fraction of sp³-hybridized carbons (Fsp3) is 0.300. The Hall–Kier alpha value is -5.69. The van der Waals surface area contributed by atoms with Crippen LogP contribution >= 0.6 is 0 Å². The summed E-state index contributed by atoms with van der Waals surface area (Å²) in [5.41, 5.74) is 0.105. The van der Waals surface area contributed by atoms with Gasteiger partial charge in [-0.1, -0.05) is 66.7 Å². The van der Waals surface area contributed by atoms with E-state index in [0.29, 0.717) is 54.4 Å². The van der Waals surface area contributed by atoms with Gasteiger partial charge in [-0.15, -0.1) is 0 Å². The topological polar surface area (TPSA) is 120 Å². The largest absolute Gasteiger partial charge is 0.465 e. The molecule has 5 rings (SSSR count). The molecule has 1 heterocycles. The predicted octanol–water partition coefficient (Wildman–Crippen LogP) is 6.61. The van der Waals surface area contributed by atoms with Crippen LogP contribution in [-0.4, -0.2) is 69.9 Å². The Morgan fingerprint density at radius 3 is 2.00 bits per heavy atom. The third-order valence-electron chi connectivity index (χ3n) is 8.67. The molecule has 0 spiro atoms. The number of anilines is 2. The molecule has 1 amide bonds. The van der Waals surface area contributed by atoms with Crippen molar-refractivity contribution in [1.82, 2.24) is 0 Å². The Morgan fingerprint density at radius 2 is 1.38 bits per heavy atom. The first-order chi connectivity index (χ1) is 25.5. The summed E-state index contributed by atoms with van der Waals surface area (Å²) >= 11 is 0. The fourth-order valence-electron chi connectivity index (χ4n) is 5.98. The van der Waals surface area contributed by atoms with Crippen molar-refractivity contribution >= 4 is 35.2 Å². The van der Waals surface area contributed by atoms with Gasteiger partial charge >= 0.3 is 24.1 Å². The first-order valence-corrected chi connectivity index (χ1v) is 17.1. The maximum atomic E-state index is 13.7. The number of hydrogen-bond acceptors (Lipinski definition) is 9. The first-order valence-electron chi connectivity index (χ1n) is 17.1. The highest BCUT2D eigenvalue weighted by Crippen LogP contribution is 2.34.